The molecule has 0 bridgehead atoms. The Labute approximate surface area is 130 Å². The largest absolute Gasteiger partial charge is 0.352 e. The molecule has 2 aromatic rings. The molecule has 0 fully saturated rings. The van der Waals surface area contributed by atoms with E-state index in [9.17, 15) is 8.42 Å². The molecule has 3 heterocycles. The molecule has 0 saturated heterocycles. The Kier molecular flexibility index (Phi) is 4.08. The summed E-state index contributed by atoms with van der Waals surface area (Å²) in [6.45, 7) is 1.89. The maximum atomic E-state index is 11.3. The zero-order valence-corrected chi connectivity index (χ0v) is 13.2. The molecule has 7 heteroatoms. The molecule has 22 heavy (non-hydrogen) atoms. The fraction of sp³-hybridized carbons (Fsp3) is 0.333. The molecule has 0 aromatic carbocycles. The van der Waals surface area contributed by atoms with Crippen LogP contribution in [0.15, 0.2) is 36.8 Å². The Bertz CT molecular complexity index is 762. The number of aromatic nitrogens is 2. The van der Waals surface area contributed by atoms with E-state index in [2.05, 4.69) is 19.6 Å². The van der Waals surface area contributed by atoms with Crippen LogP contribution >= 0.6 is 0 Å². The van der Waals surface area contributed by atoms with Crippen LogP contribution in [0.25, 0.3) is 0 Å². The summed E-state index contributed by atoms with van der Waals surface area (Å²) >= 11 is 0. The van der Waals surface area contributed by atoms with Crippen LogP contribution < -0.4 is 9.62 Å². The predicted octanol–water partition coefficient (Wildman–Crippen LogP) is 1.09. The lowest BCUT2D eigenvalue weighted by atomic mass is 9.97. The molecule has 6 nitrogen and oxygen atoms in total. The third-order valence-corrected chi connectivity index (χ3v) is 4.40. The summed E-state index contributed by atoms with van der Waals surface area (Å²) in [6.07, 6.45) is 7.41. The fourth-order valence-electron chi connectivity index (χ4n) is 2.67. The molecule has 1 aliphatic rings. The molecule has 0 amide bonds. The molecule has 0 saturated carbocycles. The van der Waals surface area contributed by atoms with Gasteiger partial charge in [-0.05, 0) is 35.2 Å². The topological polar surface area (TPSA) is 75.2 Å². The van der Waals surface area contributed by atoms with Crippen LogP contribution in [0, 0.1) is 0 Å². The molecule has 3 rings (SSSR count). The van der Waals surface area contributed by atoms with Crippen molar-refractivity contribution in [3.05, 3.63) is 53.5 Å². The number of hydrogen-bond donors (Lipinski definition) is 1. The molecular weight excluding hydrogens is 300 g/mol. The number of fused-ring (bicyclic) bond motifs is 1. The van der Waals surface area contributed by atoms with Gasteiger partial charge in [0.15, 0.2) is 0 Å². The molecule has 0 aliphatic carbocycles. The van der Waals surface area contributed by atoms with Crippen molar-refractivity contribution < 1.29 is 8.42 Å². The monoisotopic (exact) mass is 318 g/mol. The van der Waals surface area contributed by atoms with Crippen LogP contribution in [-0.4, -0.2) is 31.2 Å². The number of nitrogens with one attached hydrogen (secondary N) is 1. The summed E-state index contributed by atoms with van der Waals surface area (Å²) in [4.78, 5) is 10.8. The van der Waals surface area contributed by atoms with E-state index in [1.165, 1.54) is 11.8 Å². The average Bonchev–Trinajstić information content (AvgIpc) is 2.52. The lowest BCUT2D eigenvalue weighted by molar-refractivity contribution is 0.586. The van der Waals surface area contributed by atoms with Crippen LogP contribution in [0.3, 0.4) is 0 Å². The van der Waals surface area contributed by atoms with Gasteiger partial charge in [-0.25, -0.2) is 18.1 Å². The number of sulfonamides is 1. The molecule has 116 valence electrons. The summed E-state index contributed by atoms with van der Waals surface area (Å²) in [6, 6.07) is 5.87. The van der Waals surface area contributed by atoms with Gasteiger partial charge in [0.05, 0.1) is 6.26 Å². The van der Waals surface area contributed by atoms with Gasteiger partial charge in [0.2, 0.25) is 10.0 Å². The summed E-state index contributed by atoms with van der Waals surface area (Å²) in [5.41, 5.74) is 3.27. The summed E-state index contributed by atoms with van der Waals surface area (Å²) < 4.78 is 25.1. The first-order valence-corrected chi connectivity index (χ1v) is 8.97. The Hall–Kier alpha value is -1.99. The maximum absolute atomic E-state index is 11.3. The standard InChI is InChI=1S/C15H18N4O2S/c1-22(20,21)18-10-12-8-16-9-13-11-19(7-5-14(12)13)15-4-2-3-6-17-15/h2-4,6,8-9,18H,5,7,10-11H2,1H3. The minimum absolute atomic E-state index is 0.290. The van der Waals surface area contributed by atoms with Gasteiger partial charge in [-0.3, -0.25) is 4.98 Å². The molecular formula is C15H18N4O2S. The predicted molar refractivity (Wildman–Crippen MR) is 84.9 cm³/mol. The van der Waals surface area contributed by atoms with Gasteiger partial charge in [-0.1, -0.05) is 6.07 Å². The SMILES string of the molecule is CS(=O)(=O)NCc1cncc2c1CCN(c1ccccn1)C2. The lowest BCUT2D eigenvalue weighted by Gasteiger charge is -2.30. The van der Waals surface area contributed by atoms with E-state index in [1.807, 2.05) is 24.4 Å². The Morgan fingerprint density at radius 3 is 2.91 bits per heavy atom. The smallest absolute Gasteiger partial charge is 0.209 e. The van der Waals surface area contributed by atoms with Crippen LogP contribution in [-0.2, 0) is 29.5 Å². The van der Waals surface area contributed by atoms with Crippen molar-refractivity contribution in [2.45, 2.75) is 19.5 Å². The van der Waals surface area contributed by atoms with Crippen molar-refractivity contribution in [2.24, 2.45) is 0 Å². The molecule has 1 aliphatic heterocycles. The van der Waals surface area contributed by atoms with Gasteiger partial charge >= 0.3 is 0 Å². The third kappa shape index (κ3) is 3.42. The zero-order chi connectivity index (χ0) is 15.6. The number of nitrogens with zero attached hydrogens (tertiary/aromatic N) is 3. The van der Waals surface area contributed by atoms with Crippen molar-refractivity contribution in [3.8, 4) is 0 Å². The highest BCUT2D eigenvalue weighted by atomic mass is 32.2. The van der Waals surface area contributed by atoms with Crippen molar-refractivity contribution in [3.63, 3.8) is 0 Å². The highest BCUT2D eigenvalue weighted by molar-refractivity contribution is 7.88. The number of hydrogen-bond acceptors (Lipinski definition) is 5. The van der Waals surface area contributed by atoms with Crippen LogP contribution in [0.2, 0.25) is 0 Å². The first-order chi connectivity index (χ1) is 10.5. The van der Waals surface area contributed by atoms with Gasteiger partial charge in [0, 0.05) is 38.2 Å². The minimum atomic E-state index is -3.20. The maximum Gasteiger partial charge on any atom is 0.209 e. The molecule has 1 N–H and O–H groups in total. The fourth-order valence-corrected chi connectivity index (χ4v) is 3.08. The molecule has 0 atom stereocenters. The highest BCUT2D eigenvalue weighted by Gasteiger charge is 2.20. The van der Waals surface area contributed by atoms with E-state index in [0.717, 1.165) is 36.5 Å². The summed E-state index contributed by atoms with van der Waals surface area (Å²) in [5, 5.41) is 0. The second-order valence-electron chi connectivity index (χ2n) is 5.39. The third-order valence-electron chi connectivity index (χ3n) is 3.73. The van der Waals surface area contributed by atoms with E-state index in [4.69, 9.17) is 0 Å². The van der Waals surface area contributed by atoms with Crippen molar-refractivity contribution in [1.29, 1.82) is 0 Å². The second-order valence-corrected chi connectivity index (χ2v) is 7.22. The van der Waals surface area contributed by atoms with E-state index in [1.54, 1.807) is 12.4 Å². The first-order valence-electron chi connectivity index (χ1n) is 7.08. The van der Waals surface area contributed by atoms with Crippen molar-refractivity contribution >= 4 is 15.8 Å². The summed E-state index contributed by atoms with van der Waals surface area (Å²) in [7, 11) is -3.20. The number of rotatable bonds is 4. The van der Waals surface area contributed by atoms with Crippen LogP contribution in [0.1, 0.15) is 16.7 Å². The normalized spacial score (nSPS) is 14.7. The Balaban J connectivity index is 1.81. The molecule has 0 unspecified atom stereocenters. The van der Waals surface area contributed by atoms with Gasteiger partial charge in [-0.15, -0.1) is 0 Å². The minimum Gasteiger partial charge on any atom is -0.352 e. The van der Waals surface area contributed by atoms with Gasteiger partial charge in [0.1, 0.15) is 5.82 Å². The van der Waals surface area contributed by atoms with E-state index >= 15 is 0 Å². The van der Waals surface area contributed by atoms with Gasteiger partial charge in [-0.2, -0.15) is 0 Å². The van der Waals surface area contributed by atoms with Crippen LogP contribution in [0.5, 0.6) is 0 Å². The van der Waals surface area contributed by atoms with Crippen molar-refractivity contribution in [2.75, 3.05) is 17.7 Å². The molecule has 2 aromatic heterocycles. The lowest BCUT2D eigenvalue weighted by Crippen LogP contribution is -2.32. The molecule has 0 radical (unpaired) electrons. The summed E-state index contributed by atoms with van der Waals surface area (Å²) in [5.74, 6) is 0.952. The van der Waals surface area contributed by atoms with Crippen LogP contribution in [0.4, 0.5) is 5.82 Å². The highest BCUT2D eigenvalue weighted by Crippen LogP contribution is 2.24. The van der Waals surface area contributed by atoms with Crippen molar-refractivity contribution in [1.82, 2.24) is 14.7 Å². The van der Waals surface area contributed by atoms with E-state index in [-0.39, 0.29) is 0 Å². The number of pyridine rings is 2. The quantitative estimate of drug-likeness (QED) is 0.913. The number of anilines is 1. The first kappa shape index (κ1) is 14.9. The molecule has 0 spiro atoms. The van der Waals surface area contributed by atoms with Gasteiger partial charge in [0.25, 0.3) is 0 Å². The second kappa shape index (κ2) is 6.02. The average molecular weight is 318 g/mol. The van der Waals surface area contributed by atoms with E-state index < -0.39 is 10.0 Å². The Morgan fingerprint density at radius 1 is 1.32 bits per heavy atom. The van der Waals surface area contributed by atoms with Gasteiger partial charge < -0.3 is 4.90 Å². The van der Waals surface area contributed by atoms with E-state index in [0.29, 0.717) is 6.54 Å². The zero-order valence-electron chi connectivity index (χ0n) is 12.4. The Morgan fingerprint density at radius 2 is 2.18 bits per heavy atom.